The Hall–Kier alpha value is -7.53. The maximum absolute atomic E-state index is 15.4. The summed E-state index contributed by atoms with van der Waals surface area (Å²) in [7, 11) is 0. The summed E-state index contributed by atoms with van der Waals surface area (Å²) in [5.41, 5.74) is -0.179. The number of carbonyl (C=O) groups is 11. The fourth-order valence-electron chi connectivity index (χ4n) is 14.5. The number of phenols is 1. The van der Waals surface area contributed by atoms with Crippen LogP contribution in [0.5, 0.6) is 5.75 Å². The average Bonchev–Trinajstić information content (AvgIpc) is 1.68. The molecule has 0 bridgehead atoms. The molecule has 26 atom stereocenters. The van der Waals surface area contributed by atoms with Crippen molar-refractivity contribution >= 4 is 65.0 Å². The Bertz CT molecular complexity index is 3310. The molecule has 41 heteroatoms. The molecule has 115 heavy (non-hydrogen) atoms. The number of aliphatic hydroxyl groups excluding tert-OH is 15. The van der Waals surface area contributed by atoms with Crippen LogP contribution in [-0.2, 0) is 62.2 Å². The molecule has 5 aliphatic heterocycles. The third kappa shape index (κ3) is 28.6. The smallest absolute Gasteiger partial charge is 0.248 e. The molecule has 1 aromatic carbocycles. The number of rotatable bonds is 37. The van der Waals surface area contributed by atoms with E-state index >= 15 is 14.4 Å². The molecule has 0 saturated carbocycles. The Morgan fingerprint density at radius 3 is 1.60 bits per heavy atom. The molecule has 5 aliphatic rings. The Labute approximate surface area is 665 Å². The first kappa shape index (κ1) is 96.3. The minimum atomic E-state index is -2.47. The number of nitrogens with one attached hydrogen (secondary N) is 10. The van der Waals surface area contributed by atoms with E-state index in [0.717, 1.165) is 85.9 Å². The summed E-state index contributed by atoms with van der Waals surface area (Å²) in [5, 5.41) is 198. The van der Waals surface area contributed by atoms with E-state index in [0.29, 0.717) is 24.7 Å². The molecule has 11 amide bonds. The van der Waals surface area contributed by atoms with Crippen LogP contribution in [0.25, 0.3) is 0 Å². The van der Waals surface area contributed by atoms with Crippen LogP contribution in [-0.4, -0.2) is 343 Å². The second kappa shape index (κ2) is 47.2. The van der Waals surface area contributed by atoms with Gasteiger partial charge in [0.05, 0.1) is 43.7 Å². The summed E-state index contributed by atoms with van der Waals surface area (Å²) in [6.45, 7) is 3.72. The molecular formula is C74H122N12O29. The number of hydrogen-bond acceptors (Lipinski definition) is 30. The molecule has 0 spiro atoms. The van der Waals surface area contributed by atoms with Gasteiger partial charge in [-0.15, -0.1) is 0 Å². The van der Waals surface area contributed by atoms with E-state index in [4.69, 9.17) is 9.47 Å². The SMILES string of the molecule is CC[C@H](C)C[C@H](C)CCCCCCCCC(=O)N[C@H]1C[C@@H](O)[C@@H](NCCNC(=O)CCCC(=O)NC2O[C@H](CO)[C@@H](O)[C@H](O)[C@H]2O)NC(=O)C2[C@@H](O)CCN2C(=O)C([C@H](O)CCNC(=O)CCCC(=O)NC2O[C@H](CO)[C@@H](O)[C@H](O)[C@H]2O)NC(=O)C([C@H](O)[C@@H](O)c2ccc(O)cc2)NC(=O)C2C[C@@H](O)CN2C(=O)C([C@@H](C)O)NC1=O. The Morgan fingerprint density at radius 2 is 1.03 bits per heavy atom. The number of fused-ring (bicyclic) bond motifs is 2. The van der Waals surface area contributed by atoms with Gasteiger partial charge in [0, 0.05) is 77.7 Å². The molecule has 0 radical (unpaired) electrons. The highest BCUT2D eigenvalue weighted by Crippen LogP contribution is 2.29. The molecule has 41 nitrogen and oxygen atoms in total. The van der Waals surface area contributed by atoms with Crippen molar-refractivity contribution in [2.24, 2.45) is 11.8 Å². The number of amides is 11. The van der Waals surface area contributed by atoms with Crippen molar-refractivity contribution in [1.82, 2.24) is 63.0 Å². The van der Waals surface area contributed by atoms with Crippen LogP contribution in [0.4, 0.5) is 0 Å². The molecule has 26 N–H and O–H groups in total. The molecule has 5 fully saturated rings. The van der Waals surface area contributed by atoms with E-state index in [9.17, 15) is 120 Å². The van der Waals surface area contributed by atoms with Gasteiger partial charge in [0.1, 0.15) is 109 Å². The molecule has 7 unspecified atom stereocenters. The van der Waals surface area contributed by atoms with Crippen LogP contribution in [0.3, 0.4) is 0 Å². The van der Waals surface area contributed by atoms with Gasteiger partial charge in [-0.3, -0.25) is 58.1 Å². The van der Waals surface area contributed by atoms with E-state index in [2.05, 4.69) is 73.9 Å². The van der Waals surface area contributed by atoms with Crippen molar-refractivity contribution < 1.29 is 144 Å². The predicted molar refractivity (Wildman–Crippen MR) is 400 cm³/mol. The number of phenolic OH excluding ortho intramolecular Hbond substituents is 1. The molecule has 652 valence electrons. The van der Waals surface area contributed by atoms with E-state index in [-0.39, 0.29) is 69.3 Å². The molecular weight excluding hydrogens is 1520 g/mol. The summed E-state index contributed by atoms with van der Waals surface area (Å²) in [6.07, 6.45) is -28.7. The number of nitrogens with zero attached hydrogens (tertiary/aromatic N) is 2. The zero-order valence-electron chi connectivity index (χ0n) is 65.3. The van der Waals surface area contributed by atoms with Crippen LogP contribution >= 0.6 is 0 Å². The highest BCUT2D eigenvalue weighted by molar-refractivity contribution is 5.98. The fourth-order valence-corrected chi connectivity index (χ4v) is 14.5. The summed E-state index contributed by atoms with van der Waals surface area (Å²) >= 11 is 0. The van der Waals surface area contributed by atoms with E-state index in [1.165, 1.54) is 0 Å². The normalized spacial score (nSPS) is 30.9. The third-order valence-electron chi connectivity index (χ3n) is 21.5. The minimum Gasteiger partial charge on any atom is -0.508 e. The molecule has 6 rings (SSSR count). The third-order valence-corrected chi connectivity index (χ3v) is 21.5. The lowest BCUT2D eigenvalue weighted by Gasteiger charge is -2.40. The van der Waals surface area contributed by atoms with Crippen LogP contribution in [0.2, 0.25) is 0 Å². The zero-order chi connectivity index (χ0) is 85.1. The molecule has 1 aromatic rings. The van der Waals surface area contributed by atoms with Gasteiger partial charge in [0.15, 0.2) is 12.5 Å². The van der Waals surface area contributed by atoms with Gasteiger partial charge in [-0.25, -0.2) is 0 Å². The predicted octanol–water partition coefficient (Wildman–Crippen LogP) is -8.82. The van der Waals surface area contributed by atoms with Gasteiger partial charge in [-0.1, -0.05) is 77.8 Å². The van der Waals surface area contributed by atoms with E-state index in [1.807, 2.05) is 0 Å². The minimum absolute atomic E-state index is 0.111. The molecule has 0 aliphatic carbocycles. The lowest BCUT2D eigenvalue weighted by molar-refractivity contribution is -0.236. The molecule has 5 saturated heterocycles. The van der Waals surface area contributed by atoms with Crippen LogP contribution in [0.1, 0.15) is 168 Å². The average molecular weight is 1640 g/mol. The number of ether oxygens (including phenoxy) is 2. The van der Waals surface area contributed by atoms with Gasteiger partial charge in [-0.2, -0.15) is 0 Å². The second-order valence-electron chi connectivity index (χ2n) is 30.7. The Morgan fingerprint density at radius 1 is 0.522 bits per heavy atom. The number of hydrogen-bond donors (Lipinski definition) is 26. The zero-order valence-corrected chi connectivity index (χ0v) is 65.3. The van der Waals surface area contributed by atoms with E-state index < -0.39 is 270 Å². The summed E-state index contributed by atoms with van der Waals surface area (Å²) < 4.78 is 10.6. The second-order valence-corrected chi connectivity index (χ2v) is 30.7. The number of carbonyl (C=O) groups excluding carboxylic acids is 11. The lowest BCUT2D eigenvalue weighted by atomic mass is 9.91. The first-order valence-electron chi connectivity index (χ1n) is 39.6. The Balaban J connectivity index is 1.31. The highest BCUT2D eigenvalue weighted by Gasteiger charge is 2.51. The van der Waals surface area contributed by atoms with Gasteiger partial charge >= 0.3 is 0 Å². The monoisotopic (exact) mass is 1640 g/mol. The quantitative estimate of drug-likeness (QED) is 0.0275. The summed E-state index contributed by atoms with van der Waals surface area (Å²) in [6, 6.07) is -8.09. The number of unbranched alkanes of at least 4 members (excludes halogenated alkanes) is 5. The lowest BCUT2D eigenvalue weighted by Crippen LogP contribution is -2.65. The van der Waals surface area contributed by atoms with Crippen molar-refractivity contribution in [3.8, 4) is 5.75 Å². The van der Waals surface area contributed by atoms with Crippen LogP contribution in [0.15, 0.2) is 24.3 Å². The molecule has 5 heterocycles. The molecule has 0 aromatic heterocycles. The number of aromatic hydroxyl groups is 1. The van der Waals surface area contributed by atoms with Crippen molar-refractivity contribution in [2.45, 2.75) is 303 Å². The summed E-state index contributed by atoms with van der Waals surface area (Å²) in [5.74, 6) is -10.8. The number of benzene rings is 1. The first-order valence-corrected chi connectivity index (χ1v) is 39.6. The van der Waals surface area contributed by atoms with Crippen LogP contribution < -0.4 is 53.2 Å². The topological polar surface area (TPSA) is 657 Å². The standard InChI is InChI=1S/C74H122N12O29/c1-5-36(2)30-37(3)14-10-8-6-7-9-11-15-51(97)78-42-32-46(94)66(77-28-27-76-50(96)17-13-19-53(99)80-72-65(107)63(105)60(102)48(35-88)115-72)84-70(111)57-45(93)25-29-85(57)74(113)55(44(92)24-26-75-49(95)16-12-18-52(98)79-71-64(106)62(104)59(101)47(34-87)114-71)82-69(110)56(61(103)58(100)39-20-22-40(90)23-21-39)83-68(109)43-31-41(91)33-86(43)73(112)54(38(4)89)81-67(42)108/h20-23,36-38,41-48,54-66,71-72,77,87-94,100-107H,5-19,24-35H2,1-4H3,(H,75,95)(H,76,96)(H,78,97)(H,79,98)(H,80,99)(H,81,108)(H,82,110)(H,83,109)(H,84,111)/t36-,37+,38+,41+,42-,43?,44+,45-,46+,47+,48+,54?,55?,56?,57?,58-,59+,60+,61-,62-,63-,64+,65+,66-,71?,72?/m0/s1. The van der Waals surface area contributed by atoms with Crippen molar-refractivity contribution in [3.05, 3.63) is 29.8 Å². The van der Waals surface area contributed by atoms with Crippen molar-refractivity contribution in [1.29, 1.82) is 0 Å². The van der Waals surface area contributed by atoms with Crippen molar-refractivity contribution in [2.75, 3.05) is 45.9 Å². The maximum Gasteiger partial charge on any atom is 0.248 e. The highest BCUT2D eigenvalue weighted by atomic mass is 16.6. The summed E-state index contributed by atoms with van der Waals surface area (Å²) in [4.78, 5) is 158. The van der Waals surface area contributed by atoms with Gasteiger partial charge in [0.2, 0.25) is 65.0 Å². The fraction of sp³-hybridized carbons (Fsp3) is 0.770. The first-order chi connectivity index (χ1) is 54.5. The van der Waals surface area contributed by atoms with Gasteiger partial charge in [-0.05, 0) is 75.0 Å². The van der Waals surface area contributed by atoms with Crippen LogP contribution in [0, 0.1) is 11.8 Å². The largest absolute Gasteiger partial charge is 0.508 e. The number of aliphatic hydroxyl groups is 15. The maximum atomic E-state index is 15.4. The van der Waals surface area contributed by atoms with Gasteiger partial charge < -0.3 is 149 Å². The van der Waals surface area contributed by atoms with Gasteiger partial charge in [0.25, 0.3) is 0 Å². The van der Waals surface area contributed by atoms with Crippen molar-refractivity contribution in [3.63, 3.8) is 0 Å². The Kier molecular flexibility index (Phi) is 39.5. The van der Waals surface area contributed by atoms with E-state index in [1.54, 1.807) is 0 Å².